The molecule has 24 heavy (non-hydrogen) atoms. The van der Waals surface area contributed by atoms with Gasteiger partial charge in [-0.25, -0.2) is 0 Å². The Morgan fingerprint density at radius 1 is 1.12 bits per heavy atom. The van der Waals surface area contributed by atoms with Crippen LogP contribution >= 0.6 is 0 Å². The first-order chi connectivity index (χ1) is 11.7. The average Bonchev–Trinajstić information content (AvgIpc) is 3.08. The van der Waals surface area contributed by atoms with Crippen LogP contribution in [0.4, 0.5) is 0 Å². The molecule has 0 amide bonds. The lowest BCUT2D eigenvalue weighted by atomic mass is 10.0. The van der Waals surface area contributed by atoms with Crippen LogP contribution in [-0.4, -0.2) is 50.1 Å². The second-order valence-corrected chi connectivity index (χ2v) is 7.80. The van der Waals surface area contributed by atoms with E-state index >= 15 is 0 Å². The second-order valence-electron chi connectivity index (χ2n) is 7.80. The zero-order valence-corrected chi connectivity index (χ0v) is 15.9. The third-order valence-corrected chi connectivity index (χ3v) is 5.45. The highest BCUT2D eigenvalue weighted by Gasteiger charge is 2.19. The van der Waals surface area contributed by atoms with Gasteiger partial charge >= 0.3 is 0 Å². The fraction of sp³-hybridized carbons (Fsp3) is 0.850. The zero-order valence-electron chi connectivity index (χ0n) is 15.9. The molecule has 0 unspecified atom stereocenters. The molecule has 0 spiro atoms. The van der Waals surface area contributed by atoms with Crippen molar-refractivity contribution in [2.24, 2.45) is 10.9 Å². The molecular weight excluding hydrogens is 296 g/mol. The molecule has 2 rings (SSSR count). The first-order valence-electron chi connectivity index (χ1n) is 10.0. The number of unbranched alkanes of at least 4 members (excludes halogenated alkanes) is 1. The lowest BCUT2D eigenvalue weighted by Gasteiger charge is -2.33. The molecule has 0 radical (unpaired) electrons. The monoisotopic (exact) mass is 334 g/mol. The number of guanidine groups is 1. The summed E-state index contributed by atoms with van der Waals surface area (Å²) in [5, 5.41) is 7.10. The molecule has 0 aromatic heterocycles. The van der Waals surface area contributed by atoms with Crippen molar-refractivity contribution in [2.45, 2.75) is 70.8 Å². The number of aliphatic imine (C=N–C) groups is 1. The molecule has 2 aliphatic rings. The van der Waals surface area contributed by atoms with E-state index in [4.69, 9.17) is 0 Å². The van der Waals surface area contributed by atoms with Crippen LogP contribution in [0.2, 0.25) is 0 Å². The minimum Gasteiger partial charge on any atom is -0.356 e. The van der Waals surface area contributed by atoms with Gasteiger partial charge in [-0.15, -0.1) is 0 Å². The summed E-state index contributed by atoms with van der Waals surface area (Å²) >= 11 is 0. The van der Waals surface area contributed by atoms with Gasteiger partial charge in [-0.2, -0.15) is 0 Å². The van der Waals surface area contributed by atoms with E-state index in [2.05, 4.69) is 34.0 Å². The van der Waals surface area contributed by atoms with Crippen molar-refractivity contribution < 1.29 is 0 Å². The predicted molar refractivity (Wildman–Crippen MR) is 105 cm³/mol. The van der Waals surface area contributed by atoms with Gasteiger partial charge in [0.2, 0.25) is 0 Å². The van der Waals surface area contributed by atoms with Crippen LogP contribution in [0.25, 0.3) is 0 Å². The first kappa shape index (κ1) is 19.3. The molecule has 1 saturated heterocycles. The van der Waals surface area contributed by atoms with E-state index in [0.29, 0.717) is 6.04 Å². The molecule has 138 valence electrons. The molecule has 0 aromatic carbocycles. The van der Waals surface area contributed by atoms with Crippen molar-refractivity contribution in [2.75, 3.05) is 33.2 Å². The molecule has 0 atom stereocenters. The van der Waals surface area contributed by atoms with Crippen molar-refractivity contribution >= 4 is 5.96 Å². The van der Waals surface area contributed by atoms with Crippen molar-refractivity contribution in [1.82, 2.24) is 15.5 Å². The third kappa shape index (κ3) is 7.25. The molecule has 1 aliphatic carbocycles. The number of hydrogen-bond acceptors (Lipinski definition) is 2. The summed E-state index contributed by atoms with van der Waals surface area (Å²) in [7, 11) is 1.88. The molecule has 0 bridgehead atoms. The maximum Gasteiger partial charge on any atom is 0.191 e. The summed E-state index contributed by atoms with van der Waals surface area (Å²) in [5.74, 6) is 2.00. The first-order valence-corrected chi connectivity index (χ1v) is 10.0. The minimum absolute atomic E-state index is 0.552. The van der Waals surface area contributed by atoms with Gasteiger partial charge in [0.1, 0.15) is 0 Å². The molecular formula is C20H38N4. The summed E-state index contributed by atoms with van der Waals surface area (Å²) < 4.78 is 0. The standard InChI is InChI=1S/C20H38N4/c1-17(2)16-24-14-11-19(12-15-24)23-20(21-3)22-13-7-6-10-18-8-4-5-9-18/h18-19H,1,4-16H2,2-3H3,(H2,21,22,23). The van der Waals surface area contributed by atoms with Crippen molar-refractivity contribution in [3.05, 3.63) is 12.2 Å². The Hall–Kier alpha value is -1.03. The lowest BCUT2D eigenvalue weighted by Crippen LogP contribution is -2.49. The Morgan fingerprint density at radius 3 is 2.46 bits per heavy atom. The number of nitrogens with one attached hydrogen (secondary N) is 2. The van der Waals surface area contributed by atoms with Gasteiger partial charge in [0.15, 0.2) is 5.96 Å². The van der Waals surface area contributed by atoms with E-state index < -0.39 is 0 Å². The van der Waals surface area contributed by atoms with E-state index in [1.165, 1.54) is 63.4 Å². The summed E-state index contributed by atoms with van der Waals surface area (Å²) in [6.45, 7) is 10.5. The summed E-state index contributed by atoms with van der Waals surface area (Å²) in [4.78, 5) is 6.89. The molecule has 1 heterocycles. The number of likely N-dealkylation sites (tertiary alicyclic amines) is 1. The van der Waals surface area contributed by atoms with Crippen LogP contribution < -0.4 is 10.6 Å². The topological polar surface area (TPSA) is 39.7 Å². The zero-order chi connectivity index (χ0) is 17.2. The average molecular weight is 335 g/mol. The van der Waals surface area contributed by atoms with E-state index in [0.717, 1.165) is 38.1 Å². The highest BCUT2D eigenvalue weighted by Crippen LogP contribution is 2.28. The SMILES string of the molecule is C=C(C)CN1CCC(NC(=NC)NCCCCC2CCCC2)CC1. The predicted octanol–water partition coefficient (Wildman–Crippen LogP) is 3.55. The van der Waals surface area contributed by atoms with Crippen LogP contribution in [0.15, 0.2) is 17.1 Å². The Labute approximate surface area is 149 Å². The van der Waals surface area contributed by atoms with Crippen LogP contribution in [0.5, 0.6) is 0 Å². The molecule has 2 fully saturated rings. The summed E-state index contributed by atoms with van der Waals surface area (Å²) in [5.41, 5.74) is 1.26. The van der Waals surface area contributed by atoms with Crippen LogP contribution in [0.3, 0.4) is 0 Å². The van der Waals surface area contributed by atoms with Crippen molar-refractivity contribution in [3.63, 3.8) is 0 Å². The molecule has 0 aromatic rings. The lowest BCUT2D eigenvalue weighted by molar-refractivity contribution is 0.221. The Morgan fingerprint density at radius 2 is 1.83 bits per heavy atom. The van der Waals surface area contributed by atoms with Crippen molar-refractivity contribution in [3.8, 4) is 0 Å². The van der Waals surface area contributed by atoms with Crippen LogP contribution in [0, 0.1) is 5.92 Å². The summed E-state index contributed by atoms with van der Waals surface area (Å²) in [6.07, 6.45) is 12.3. The van der Waals surface area contributed by atoms with E-state index in [1.807, 2.05) is 7.05 Å². The van der Waals surface area contributed by atoms with E-state index in [1.54, 1.807) is 0 Å². The molecule has 4 nitrogen and oxygen atoms in total. The van der Waals surface area contributed by atoms with Crippen LogP contribution in [0.1, 0.15) is 64.7 Å². The van der Waals surface area contributed by atoms with Gasteiger partial charge in [0, 0.05) is 39.3 Å². The molecule has 1 aliphatic heterocycles. The number of nitrogens with zero attached hydrogens (tertiary/aromatic N) is 2. The highest BCUT2D eigenvalue weighted by atomic mass is 15.2. The molecule has 4 heteroatoms. The largest absolute Gasteiger partial charge is 0.356 e. The summed E-state index contributed by atoms with van der Waals surface area (Å²) in [6, 6.07) is 0.552. The van der Waals surface area contributed by atoms with Gasteiger partial charge in [-0.05, 0) is 32.1 Å². The molecule has 1 saturated carbocycles. The van der Waals surface area contributed by atoms with Gasteiger partial charge in [-0.3, -0.25) is 9.89 Å². The Kier molecular flexibility index (Phi) is 8.65. The quantitative estimate of drug-likeness (QED) is 0.309. The fourth-order valence-corrected chi connectivity index (χ4v) is 4.07. The second kappa shape index (κ2) is 10.8. The smallest absolute Gasteiger partial charge is 0.191 e. The highest BCUT2D eigenvalue weighted by molar-refractivity contribution is 5.79. The van der Waals surface area contributed by atoms with Gasteiger partial charge in [0.05, 0.1) is 0 Å². The Balaban J connectivity index is 1.54. The number of piperidine rings is 1. The van der Waals surface area contributed by atoms with Gasteiger partial charge in [0.25, 0.3) is 0 Å². The number of rotatable bonds is 8. The van der Waals surface area contributed by atoms with Gasteiger partial charge in [-0.1, -0.05) is 50.7 Å². The third-order valence-electron chi connectivity index (χ3n) is 5.45. The Bertz CT molecular complexity index is 390. The maximum atomic E-state index is 4.39. The number of hydrogen-bond donors (Lipinski definition) is 2. The van der Waals surface area contributed by atoms with E-state index in [-0.39, 0.29) is 0 Å². The van der Waals surface area contributed by atoms with Gasteiger partial charge < -0.3 is 10.6 Å². The van der Waals surface area contributed by atoms with Crippen molar-refractivity contribution in [1.29, 1.82) is 0 Å². The normalized spacial score (nSPS) is 21.2. The minimum atomic E-state index is 0.552. The maximum absolute atomic E-state index is 4.39. The fourth-order valence-electron chi connectivity index (χ4n) is 4.07. The molecule has 2 N–H and O–H groups in total. The van der Waals surface area contributed by atoms with Crippen LogP contribution in [-0.2, 0) is 0 Å². The van der Waals surface area contributed by atoms with E-state index in [9.17, 15) is 0 Å².